The lowest BCUT2D eigenvalue weighted by Gasteiger charge is -2.36. The van der Waals surface area contributed by atoms with E-state index in [-0.39, 0.29) is 5.92 Å². The lowest BCUT2D eigenvalue weighted by molar-refractivity contribution is 0.415. The van der Waals surface area contributed by atoms with E-state index in [4.69, 9.17) is 9.15 Å². The van der Waals surface area contributed by atoms with E-state index in [0.29, 0.717) is 6.42 Å². The molecule has 2 atom stereocenters. The maximum atomic E-state index is 7.15. The van der Waals surface area contributed by atoms with Crippen molar-refractivity contribution < 1.29 is 9.15 Å². The molecule has 0 fully saturated rings. The van der Waals surface area contributed by atoms with Crippen molar-refractivity contribution in [3.8, 4) is 28.0 Å². The van der Waals surface area contributed by atoms with Gasteiger partial charge in [0, 0.05) is 45.4 Å². The maximum Gasteiger partial charge on any atom is 0.134 e. The van der Waals surface area contributed by atoms with Gasteiger partial charge in [0.2, 0.25) is 0 Å². The minimum atomic E-state index is -0.550. The molecule has 2 heterocycles. The van der Waals surface area contributed by atoms with Crippen LogP contribution in [0.4, 0.5) is 17.1 Å². The molecule has 68 heavy (non-hydrogen) atoms. The highest BCUT2D eigenvalue weighted by Gasteiger charge is 2.47. The molecule has 3 aliphatic rings. The summed E-state index contributed by atoms with van der Waals surface area (Å²) in [7, 11) is 0. The van der Waals surface area contributed by atoms with Gasteiger partial charge in [-0.1, -0.05) is 182 Å². The number of rotatable bonds is 8. The molecule has 2 unspecified atom stereocenters. The zero-order valence-electron chi connectivity index (χ0n) is 38.0. The van der Waals surface area contributed by atoms with Gasteiger partial charge in [-0.25, -0.2) is 0 Å². The first-order valence-electron chi connectivity index (χ1n) is 23.7. The Labute approximate surface area is 397 Å². The fourth-order valence-corrected chi connectivity index (χ4v) is 11.7. The third-order valence-corrected chi connectivity index (χ3v) is 14.6. The second-order valence-electron chi connectivity index (χ2n) is 18.1. The molecule has 0 spiro atoms. The number of benzene rings is 9. The molecule has 9 aromatic carbocycles. The van der Waals surface area contributed by atoms with Crippen molar-refractivity contribution in [3.63, 3.8) is 0 Å². The molecule has 3 heteroatoms. The Morgan fingerprint density at radius 3 is 2.10 bits per heavy atom. The van der Waals surface area contributed by atoms with Crippen LogP contribution in [0.3, 0.4) is 0 Å². The van der Waals surface area contributed by atoms with E-state index < -0.39 is 5.41 Å². The Balaban J connectivity index is 1.04. The van der Waals surface area contributed by atoms with E-state index in [2.05, 4.69) is 249 Å². The van der Waals surface area contributed by atoms with Gasteiger partial charge in [0.05, 0.1) is 17.0 Å². The third kappa shape index (κ3) is 5.98. The molecule has 10 aromatic rings. The Bertz CT molecular complexity index is 3720. The molecule has 0 radical (unpaired) electrons. The highest BCUT2D eigenvalue weighted by molar-refractivity contribution is 6.01. The number of furan rings is 1. The van der Waals surface area contributed by atoms with Crippen molar-refractivity contribution >= 4 is 44.4 Å². The molecule has 3 nitrogen and oxygen atoms in total. The fraction of sp³-hybridized carbons (Fsp3) is 0.0769. The first kappa shape index (κ1) is 39.9. The lowest BCUT2D eigenvalue weighted by atomic mass is 9.67. The number of para-hydroxylation sites is 2. The smallest absolute Gasteiger partial charge is 0.134 e. The van der Waals surface area contributed by atoms with Gasteiger partial charge in [-0.05, 0) is 118 Å². The van der Waals surface area contributed by atoms with Crippen molar-refractivity contribution in [2.75, 3.05) is 4.90 Å². The molecule has 324 valence electrons. The van der Waals surface area contributed by atoms with Crippen molar-refractivity contribution in [2.45, 2.75) is 31.6 Å². The van der Waals surface area contributed by atoms with Crippen LogP contribution in [-0.4, -0.2) is 0 Å². The van der Waals surface area contributed by atoms with Crippen LogP contribution >= 0.6 is 0 Å². The summed E-state index contributed by atoms with van der Waals surface area (Å²) in [5.74, 6) is 2.81. The molecule has 13 rings (SSSR count). The van der Waals surface area contributed by atoms with E-state index in [0.717, 1.165) is 78.7 Å². The van der Waals surface area contributed by atoms with Gasteiger partial charge in [-0.3, -0.25) is 0 Å². The van der Waals surface area contributed by atoms with Crippen molar-refractivity contribution in [2.24, 2.45) is 0 Å². The Morgan fingerprint density at radius 1 is 0.574 bits per heavy atom. The molecule has 0 amide bonds. The Morgan fingerprint density at radius 2 is 1.26 bits per heavy atom. The van der Waals surface area contributed by atoms with Crippen molar-refractivity contribution in [1.82, 2.24) is 0 Å². The number of nitrogens with zero attached hydrogens (tertiary/aromatic N) is 1. The highest BCUT2D eigenvalue weighted by atomic mass is 16.5. The Kier molecular flexibility index (Phi) is 9.33. The van der Waals surface area contributed by atoms with Gasteiger partial charge in [0.15, 0.2) is 0 Å². The van der Waals surface area contributed by atoms with Gasteiger partial charge >= 0.3 is 0 Å². The molecule has 0 saturated heterocycles. The standard InChI is InChI=1S/C65H47NO2/c1-3-19-46(4-2)65(47-24-9-6-10-25-47)56-29-16-13-27-51(56)52-36-34-49(40-57(52)65)66(58-30-17-14-26-50(58)43-21-7-5-8-22-43)48-35-37-60-54(39-48)55-41-61-63(53-28-15-18-31-59(53)67-61)62(64(55)68-60)45-33-32-42-20-11-12-23-44(42)38-45/h3-40,55H,41H2,1-2H3/b19-3-,46-4+. The fourth-order valence-electron chi connectivity index (χ4n) is 11.7. The van der Waals surface area contributed by atoms with Gasteiger partial charge in [0.1, 0.15) is 22.9 Å². The maximum absolute atomic E-state index is 7.15. The summed E-state index contributed by atoms with van der Waals surface area (Å²) in [6.45, 7) is 4.29. The SMILES string of the molecule is C/C=C\C(=C/C)C1(c2ccccc2)c2ccccc2-c2ccc(N(c3ccc4c(c3)C3Cc5oc6ccccc6c5C(c5ccc6ccccc6c5)=C3O4)c3ccccc3-c3ccccc3)cc21. The highest BCUT2D eigenvalue weighted by Crippen LogP contribution is 2.59. The first-order chi connectivity index (χ1) is 33.6. The second kappa shape index (κ2) is 15.9. The Hall–Kier alpha value is -8.40. The van der Waals surface area contributed by atoms with Gasteiger partial charge in [-0.15, -0.1) is 0 Å². The quantitative estimate of drug-likeness (QED) is 0.142. The van der Waals surface area contributed by atoms with E-state index in [1.54, 1.807) is 0 Å². The van der Waals surface area contributed by atoms with Gasteiger partial charge in [0.25, 0.3) is 0 Å². The van der Waals surface area contributed by atoms with Crippen LogP contribution < -0.4 is 9.64 Å². The molecule has 0 saturated carbocycles. The molecular formula is C65H47NO2. The van der Waals surface area contributed by atoms with E-state index in [1.165, 1.54) is 44.2 Å². The number of fused-ring (bicyclic) bond motifs is 10. The topological polar surface area (TPSA) is 25.6 Å². The van der Waals surface area contributed by atoms with E-state index >= 15 is 0 Å². The summed E-state index contributed by atoms with van der Waals surface area (Å²) in [5.41, 5.74) is 17.9. The number of allylic oxidation sites excluding steroid dienone is 5. The number of hydrogen-bond donors (Lipinski definition) is 0. The van der Waals surface area contributed by atoms with Crippen LogP contribution in [-0.2, 0) is 11.8 Å². The molecular weight excluding hydrogens is 827 g/mol. The summed E-state index contributed by atoms with van der Waals surface area (Å²) in [6, 6.07) is 77.3. The number of ether oxygens (including phenoxy) is 1. The van der Waals surface area contributed by atoms with Crippen LogP contribution in [0.25, 0.3) is 49.6 Å². The summed E-state index contributed by atoms with van der Waals surface area (Å²) in [5, 5.41) is 3.52. The predicted octanol–water partition coefficient (Wildman–Crippen LogP) is 17.1. The van der Waals surface area contributed by atoms with Crippen LogP contribution in [0.5, 0.6) is 5.75 Å². The second-order valence-corrected chi connectivity index (χ2v) is 18.1. The normalized spacial score (nSPS) is 16.9. The summed E-state index contributed by atoms with van der Waals surface area (Å²) < 4.78 is 13.9. The monoisotopic (exact) mass is 873 g/mol. The average molecular weight is 874 g/mol. The van der Waals surface area contributed by atoms with Crippen LogP contribution in [0.1, 0.15) is 58.9 Å². The van der Waals surface area contributed by atoms with E-state index in [1.807, 2.05) is 0 Å². The van der Waals surface area contributed by atoms with Crippen LogP contribution in [0.2, 0.25) is 0 Å². The van der Waals surface area contributed by atoms with Crippen LogP contribution in [0.15, 0.2) is 246 Å². The first-order valence-corrected chi connectivity index (χ1v) is 23.7. The van der Waals surface area contributed by atoms with Gasteiger partial charge in [-0.2, -0.15) is 0 Å². The number of hydrogen-bond acceptors (Lipinski definition) is 3. The molecule has 0 N–H and O–H groups in total. The molecule has 0 bridgehead atoms. The predicted molar refractivity (Wildman–Crippen MR) is 280 cm³/mol. The summed E-state index contributed by atoms with van der Waals surface area (Å²) >= 11 is 0. The van der Waals surface area contributed by atoms with Gasteiger partial charge < -0.3 is 14.1 Å². The molecule has 1 aromatic heterocycles. The zero-order valence-corrected chi connectivity index (χ0v) is 38.0. The van der Waals surface area contributed by atoms with E-state index in [9.17, 15) is 0 Å². The lowest BCUT2D eigenvalue weighted by Crippen LogP contribution is -2.29. The largest absolute Gasteiger partial charge is 0.460 e. The summed E-state index contributed by atoms with van der Waals surface area (Å²) in [4.78, 5) is 2.47. The average Bonchev–Trinajstić information content (AvgIpc) is 4.05. The number of anilines is 3. The minimum absolute atomic E-state index is 0.0518. The van der Waals surface area contributed by atoms with Crippen molar-refractivity contribution in [1.29, 1.82) is 0 Å². The minimum Gasteiger partial charge on any atom is -0.460 e. The van der Waals surface area contributed by atoms with Crippen LogP contribution in [0, 0.1) is 0 Å². The molecule has 1 aliphatic heterocycles. The third-order valence-electron chi connectivity index (χ3n) is 14.6. The molecule has 2 aliphatic carbocycles. The summed E-state index contributed by atoms with van der Waals surface area (Å²) in [6.07, 6.45) is 7.46. The zero-order chi connectivity index (χ0) is 45.3. The van der Waals surface area contributed by atoms with Crippen molar-refractivity contribution in [3.05, 3.63) is 281 Å².